The van der Waals surface area contributed by atoms with Gasteiger partial charge >= 0.3 is 5.97 Å². The molecular weight excluding hydrogens is 322 g/mol. The molecule has 3 atom stereocenters. The van der Waals surface area contributed by atoms with Crippen LogP contribution in [0, 0.1) is 17.8 Å². The van der Waals surface area contributed by atoms with Gasteiger partial charge < -0.3 is 10.0 Å². The first kappa shape index (κ1) is 17.3. The average Bonchev–Trinajstić information content (AvgIpc) is 3.09. The van der Waals surface area contributed by atoms with Gasteiger partial charge in [-0.05, 0) is 43.7 Å². The highest BCUT2D eigenvalue weighted by atomic mass is 32.2. The number of nitrogens with zero attached hydrogens (tertiary/aromatic N) is 1. The molecule has 1 aliphatic carbocycles. The van der Waals surface area contributed by atoms with Crippen molar-refractivity contribution < 1.29 is 14.7 Å². The molecule has 24 heavy (non-hydrogen) atoms. The Morgan fingerprint density at radius 1 is 1.12 bits per heavy atom. The van der Waals surface area contributed by atoms with E-state index >= 15 is 0 Å². The Bertz CT molecular complexity index is 577. The molecule has 3 unspecified atom stereocenters. The third kappa shape index (κ3) is 4.32. The smallest absolute Gasteiger partial charge is 0.306 e. The van der Waals surface area contributed by atoms with Crippen LogP contribution in [-0.4, -0.2) is 40.7 Å². The van der Waals surface area contributed by atoms with Crippen LogP contribution in [0.5, 0.6) is 0 Å². The molecule has 5 heteroatoms. The molecular formula is C19H25NO3S. The van der Waals surface area contributed by atoms with Gasteiger partial charge in [0.25, 0.3) is 0 Å². The molecule has 1 aromatic carbocycles. The first-order valence-electron chi connectivity index (χ1n) is 8.83. The van der Waals surface area contributed by atoms with Gasteiger partial charge in [-0.1, -0.05) is 24.6 Å². The van der Waals surface area contributed by atoms with Gasteiger partial charge in [0.15, 0.2) is 0 Å². The van der Waals surface area contributed by atoms with E-state index in [0.29, 0.717) is 12.3 Å². The van der Waals surface area contributed by atoms with Gasteiger partial charge in [-0.15, -0.1) is 11.8 Å². The standard InChI is InChI=1S/C19H25NO3S/c21-18(15-5-4-6-16(11-15)19(22)23)20-10-9-14(12-20)13-24-17-7-2-1-3-8-17/h1-3,7-8,14-16H,4-6,9-13H2,(H,22,23). The molecule has 130 valence electrons. The summed E-state index contributed by atoms with van der Waals surface area (Å²) in [6, 6.07) is 10.4. The Morgan fingerprint density at radius 2 is 1.88 bits per heavy atom. The lowest BCUT2D eigenvalue weighted by atomic mass is 9.81. The minimum Gasteiger partial charge on any atom is -0.481 e. The molecule has 1 saturated carbocycles. The second kappa shape index (κ2) is 8.06. The maximum Gasteiger partial charge on any atom is 0.306 e. The number of rotatable bonds is 5. The molecule has 2 fully saturated rings. The largest absolute Gasteiger partial charge is 0.481 e. The maximum atomic E-state index is 12.7. The summed E-state index contributed by atoms with van der Waals surface area (Å²) in [6.45, 7) is 1.65. The van der Waals surface area contributed by atoms with Crippen LogP contribution in [0.15, 0.2) is 35.2 Å². The molecule has 1 heterocycles. The summed E-state index contributed by atoms with van der Waals surface area (Å²) < 4.78 is 0. The van der Waals surface area contributed by atoms with Crippen LogP contribution in [-0.2, 0) is 9.59 Å². The Morgan fingerprint density at radius 3 is 2.62 bits per heavy atom. The molecule has 0 radical (unpaired) electrons. The number of hydrogen-bond donors (Lipinski definition) is 1. The Labute approximate surface area is 147 Å². The number of benzene rings is 1. The van der Waals surface area contributed by atoms with E-state index in [-0.39, 0.29) is 17.7 Å². The first-order valence-corrected chi connectivity index (χ1v) is 9.81. The highest BCUT2D eigenvalue weighted by Gasteiger charge is 2.35. The van der Waals surface area contributed by atoms with Crippen LogP contribution < -0.4 is 0 Å². The average molecular weight is 347 g/mol. The molecule has 1 aliphatic heterocycles. The van der Waals surface area contributed by atoms with Gasteiger partial charge in [-0.2, -0.15) is 0 Å². The summed E-state index contributed by atoms with van der Waals surface area (Å²) in [5.41, 5.74) is 0. The number of likely N-dealkylation sites (tertiary alicyclic amines) is 1. The lowest BCUT2D eigenvalue weighted by molar-refractivity contribution is -0.145. The molecule has 0 aromatic heterocycles. The summed E-state index contributed by atoms with van der Waals surface area (Å²) in [4.78, 5) is 27.2. The van der Waals surface area contributed by atoms with Crippen molar-refractivity contribution in [2.45, 2.75) is 37.0 Å². The van der Waals surface area contributed by atoms with Crippen LogP contribution in [0.25, 0.3) is 0 Å². The van der Waals surface area contributed by atoms with Gasteiger partial charge in [-0.3, -0.25) is 9.59 Å². The van der Waals surface area contributed by atoms with Crippen LogP contribution in [0.3, 0.4) is 0 Å². The summed E-state index contributed by atoms with van der Waals surface area (Å²) in [5, 5.41) is 9.20. The number of carboxylic acids is 1. The number of carbonyl (C=O) groups is 2. The minimum absolute atomic E-state index is 0.0830. The third-order valence-corrected chi connectivity index (χ3v) is 6.44. The maximum absolute atomic E-state index is 12.7. The van der Waals surface area contributed by atoms with Gasteiger partial charge in [-0.25, -0.2) is 0 Å². The Hall–Kier alpha value is -1.49. The number of thioether (sulfide) groups is 1. The number of carboxylic acid groups (broad SMARTS) is 1. The van der Waals surface area contributed by atoms with Gasteiger partial charge in [0, 0.05) is 29.7 Å². The fraction of sp³-hybridized carbons (Fsp3) is 0.579. The monoisotopic (exact) mass is 347 g/mol. The van der Waals surface area contributed by atoms with Crippen molar-refractivity contribution in [1.82, 2.24) is 4.90 Å². The Kier molecular flexibility index (Phi) is 5.82. The van der Waals surface area contributed by atoms with Crippen molar-refractivity contribution >= 4 is 23.6 Å². The van der Waals surface area contributed by atoms with Gasteiger partial charge in [0.2, 0.25) is 5.91 Å². The normalized spacial score (nSPS) is 27.2. The molecule has 1 saturated heterocycles. The molecule has 2 aliphatic rings. The van der Waals surface area contributed by atoms with E-state index in [4.69, 9.17) is 0 Å². The fourth-order valence-electron chi connectivity index (χ4n) is 3.80. The number of carbonyl (C=O) groups excluding carboxylic acids is 1. The third-order valence-electron chi connectivity index (χ3n) is 5.20. The van der Waals surface area contributed by atoms with E-state index in [2.05, 4.69) is 24.3 Å². The highest BCUT2D eigenvalue weighted by Crippen LogP contribution is 2.33. The highest BCUT2D eigenvalue weighted by molar-refractivity contribution is 7.99. The van der Waals surface area contributed by atoms with Crippen LogP contribution in [0.2, 0.25) is 0 Å². The van der Waals surface area contributed by atoms with Crippen molar-refractivity contribution in [2.24, 2.45) is 17.8 Å². The second-order valence-electron chi connectivity index (χ2n) is 6.96. The molecule has 0 spiro atoms. The van der Waals surface area contributed by atoms with Crippen molar-refractivity contribution in [3.8, 4) is 0 Å². The van der Waals surface area contributed by atoms with Crippen molar-refractivity contribution in [3.63, 3.8) is 0 Å². The zero-order chi connectivity index (χ0) is 16.9. The summed E-state index contributed by atoms with van der Waals surface area (Å²) in [5.74, 6) is 0.605. The SMILES string of the molecule is O=C(O)C1CCCC(C(=O)N2CCC(CSc3ccccc3)C2)C1. The van der Waals surface area contributed by atoms with E-state index < -0.39 is 5.97 Å². The zero-order valence-corrected chi connectivity index (χ0v) is 14.7. The predicted molar refractivity (Wildman–Crippen MR) is 94.9 cm³/mol. The molecule has 1 amide bonds. The summed E-state index contributed by atoms with van der Waals surface area (Å²) >= 11 is 1.86. The summed E-state index contributed by atoms with van der Waals surface area (Å²) in [7, 11) is 0. The topological polar surface area (TPSA) is 57.6 Å². The number of amides is 1. The van der Waals surface area contributed by atoms with E-state index in [1.54, 1.807) is 0 Å². The van der Waals surface area contributed by atoms with E-state index in [1.165, 1.54) is 4.90 Å². The van der Waals surface area contributed by atoms with Crippen molar-refractivity contribution in [1.29, 1.82) is 0 Å². The molecule has 1 aromatic rings. The van der Waals surface area contributed by atoms with E-state index in [1.807, 2.05) is 22.7 Å². The molecule has 0 bridgehead atoms. The summed E-state index contributed by atoms with van der Waals surface area (Å²) in [6.07, 6.45) is 4.00. The van der Waals surface area contributed by atoms with Crippen LogP contribution in [0.4, 0.5) is 0 Å². The number of hydrogen-bond acceptors (Lipinski definition) is 3. The minimum atomic E-state index is -0.744. The number of aliphatic carboxylic acids is 1. The zero-order valence-electron chi connectivity index (χ0n) is 13.9. The van der Waals surface area contributed by atoms with Gasteiger partial charge in [0.05, 0.1) is 5.92 Å². The molecule has 4 nitrogen and oxygen atoms in total. The van der Waals surface area contributed by atoms with Crippen LogP contribution in [0.1, 0.15) is 32.1 Å². The fourth-order valence-corrected chi connectivity index (χ4v) is 4.85. The quantitative estimate of drug-likeness (QED) is 0.828. The second-order valence-corrected chi connectivity index (χ2v) is 8.06. The van der Waals surface area contributed by atoms with E-state index in [0.717, 1.165) is 44.5 Å². The van der Waals surface area contributed by atoms with Crippen molar-refractivity contribution in [3.05, 3.63) is 30.3 Å². The lowest BCUT2D eigenvalue weighted by Gasteiger charge is -2.29. The predicted octanol–water partition coefficient (Wildman–Crippen LogP) is 3.52. The molecule has 3 rings (SSSR count). The Balaban J connectivity index is 1.48. The van der Waals surface area contributed by atoms with Gasteiger partial charge in [0.1, 0.15) is 0 Å². The first-order chi connectivity index (χ1) is 11.6. The van der Waals surface area contributed by atoms with Crippen LogP contribution >= 0.6 is 11.8 Å². The molecule has 1 N–H and O–H groups in total. The van der Waals surface area contributed by atoms with E-state index in [9.17, 15) is 14.7 Å². The van der Waals surface area contributed by atoms with Crippen molar-refractivity contribution in [2.75, 3.05) is 18.8 Å². The lowest BCUT2D eigenvalue weighted by Crippen LogP contribution is -2.38.